The molecule has 0 aliphatic rings. The van der Waals surface area contributed by atoms with Gasteiger partial charge in [0.15, 0.2) is 16.7 Å². The Bertz CT molecular complexity index is 1300. The number of carbonyl (C=O) groups excluding carboxylic acids is 1. The molecule has 0 fully saturated rings. The highest BCUT2D eigenvalue weighted by Crippen LogP contribution is 2.26. The number of halogens is 1. The monoisotopic (exact) mass is 520 g/mol. The first-order valence-electron chi connectivity index (χ1n) is 9.69. The summed E-state index contributed by atoms with van der Waals surface area (Å²) >= 11 is 8.65. The van der Waals surface area contributed by atoms with Crippen molar-refractivity contribution in [1.29, 1.82) is 0 Å². The Morgan fingerprint density at radius 3 is 2.48 bits per heavy atom. The second kappa shape index (κ2) is 10.2. The molecule has 2 heterocycles. The van der Waals surface area contributed by atoms with Crippen LogP contribution < -0.4 is 21.1 Å². The number of nitrogens with one attached hydrogen (secondary N) is 2. The Balaban J connectivity index is 1.44. The summed E-state index contributed by atoms with van der Waals surface area (Å²) in [6.07, 6.45) is 1.50. The molecule has 4 rings (SSSR count). The molecule has 0 radical (unpaired) electrons. The molecule has 0 amide bonds. The highest BCUT2D eigenvalue weighted by molar-refractivity contribution is 9.10. The van der Waals surface area contributed by atoms with Crippen molar-refractivity contribution in [2.75, 3.05) is 16.4 Å². The maximum atomic E-state index is 12.6. The van der Waals surface area contributed by atoms with Gasteiger partial charge in [-0.3, -0.25) is 0 Å². The number of ether oxygens (including phenoxy) is 1. The molecule has 4 N–H and O–H groups in total. The quantitative estimate of drug-likeness (QED) is 0.191. The second-order valence-electron chi connectivity index (χ2n) is 6.72. The lowest BCUT2D eigenvalue weighted by molar-refractivity contribution is 0.0736. The van der Waals surface area contributed by atoms with Crippen molar-refractivity contribution >= 4 is 56.6 Å². The fourth-order valence-electron chi connectivity index (χ4n) is 2.86. The van der Waals surface area contributed by atoms with E-state index in [1.807, 2.05) is 36.4 Å². The molecule has 2 aromatic carbocycles. The third-order valence-electron chi connectivity index (χ3n) is 4.42. The molecule has 0 aliphatic heterocycles. The number of para-hydroxylation sites is 2. The van der Waals surface area contributed by atoms with E-state index in [0.717, 1.165) is 11.3 Å². The van der Waals surface area contributed by atoms with Crippen molar-refractivity contribution in [3.05, 3.63) is 89.0 Å². The van der Waals surface area contributed by atoms with Gasteiger partial charge in [0, 0.05) is 16.2 Å². The van der Waals surface area contributed by atoms with Crippen LogP contribution >= 0.6 is 28.1 Å². The van der Waals surface area contributed by atoms with E-state index >= 15 is 0 Å². The van der Waals surface area contributed by atoms with E-state index in [-0.39, 0.29) is 22.2 Å². The Kier molecular flexibility index (Phi) is 6.86. The summed E-state index contributed by atoms with van der Waals surface area (Å²) in [5.41, 5.74) is 8.15. The zero-order valence-electron chi connectivity index (χ0n) is 17.0. The van der Waals surface area contributed by atoms with Crippen LogP contribution in [0.15, 0.2) is 83.5 Å². The number of carbonyl (C=O) groups is 1. The average molecular weight is 521 g/mol. The fourth-order valence-corrected chi connectivity index (χ4v) is 3.40. The number of rotatable bonds is 5. The van der Waals surface area contributed by atoms with Crippen LogP contribution in [-0.4, -0.2) is 26.3 Å². The Labute approximate surface area is 203 Å². The van der Waals surface area contributed by atoms with Crippen LogP contribution in [-0.2, 0) is 0 Å². The third-order valence-corrected chi connectivity index (χ3v) is 5.06. The van der Waals surface area contributed by atoms with Crippen LogP contribution in [0, 0.1) is 0 Å². The number of anilines is 3. The lowest BCUT2D eigenvalue weighted by atomic mass is 10.1. The zero-order valence-corrected chi connectivity index (χ0v) is 19.4. The highest BCUT2D eigenvalue weighted by atomic mass is 79.9. The third kappa shape index (κ3) is 5.68. The van der Waals surface area contributed by atoms with Crippen LogP contribution in [0.5, 0.6) is 5.75 Å². The van der Waals surface area contributed by atoms with E-state index in [4.69, 9.17) is 22.7 Å². The molecule has 10 heteroatoms. The maximum absolute atomic E-state index is 12.6. The lowest BCUT2D eigenvalue weighted by Gasteiger charge is -2.14. The smallest absolute Gasteiger partial charge is 0.347 e. The molecule has 2 aromatic heterocycles. The minimum absolute atomic E-state index is 0.0725. The van der Waals surface area contributed by atoms with Crippen LogP contribution in [0.25, 0.3) is 11.3 Å². The van der Waals surface area contributed by atoms with Gasteiger partial charge in [-0.05, 0) is 58.5 Å². The maximum Gasteiger partial charge on any atom is 0.347 e. The summed E-state index contributed by atoms with van der Waals surface area (Å²) in [6.45, 7) is 0. The Morgan fingerprint density at radius 2 is 1.73 bits per heavy atom. The van der Waals surface area contributed by atoms with Gasteiger partial charge in [-0.2, -0.15) is 0 Å². The molecule has 8 nitrogen and oxygen atoms in total. The van der Waals surface area contributed by atoms with Gasteiger partial charge in [0.1, 0.15) is 11.4 Å². The second-order valence-corrected chi connectivity index (χ2v) is 8.04. The van der Waals surface area contributed by atoms with Crippen LogP contribution in [0.3, 0.4) is 0 Å². The van der Waals surface area contributed by atoms with Crippen LogP contribution in [0.4, 0.5) is 17.3 Å². The highest BCUT2D eigenvalue weighted by Gasteiger charge is 2.16. The number of nitrogens with two attached hydrogens (primary N) is 1. The summed E-state index contributed by atoms with van der Waals surface area (Å²) in [5, 5.41) is 14.6. The summed E-state index contributed by atoms with van der Waals surface area (Å²) in [5.74, 6) is 0.173. The Hall–Kier alpha value is -3.89. The number of nitrogens with zero attached hydrogens (tertiary/aromatic N) is 3. The molecule has 0 bridgehead atoms. The van der Waals surface area contributed by atoms with E-state index in [9.17, 15) is 4.79 Å². The minimum atomic E-state index is -0.642. The number of benzene rings is 2. The van der Waals surface area contributed by atoms with E-state index in [0.29, 0.717) is 16.0 Å². The van der Waals surface area contributed by atoms with Crippen LogP contribution in [0.2, 0.25) is 0 Å². The summed E-state index contributed by atoms with van der Waals surface area (Å²) < 4.78 is 6.14. The largest absolute Gasteiger partial charge is 0.421 e. The summed E-state index contributed by atoms with van der Waals surface area (Å²) in [6, 6.07) is 21.8. The fraction of sp³-hybridized carbons (Fsp3) is 0. The van der Waals surface area contributed by atoms with E-state index in [1.165, 1.54) is 6.20 Å². The molecule has 0 saturated heterocycles. The predicted octanol–water partition coefficient (Wildman–Crippen LogP) is 4.91. The van der Waals surface area contributed by atoms with Gasteiger partial charge in [-0.15, -0.1) is 10.2 Å². The number of pyridine rings is 1. The molecular formula is C23H17BrN6O2S. The number of esters is 1. The van der Waals surface area contributed by atoms with Gasteiger partial charge in [0.05, 0.1) is 11.4 Å². The first kappa shape index (κ1) is 22.3. The van der Waals surface area contributed by atoms with Crippen LogP contribution in [0.1, 0.15) is 10.4 Å². The molecule has 0 aliphatic carbocycles. The van der Waals surface area contributed by atoms with Crippen molar-refractivity contribution in [3.63, 3.8) is 0 Å². The van der Waals surface area contributed by atoms with Crippen molar-refractivity contribution in [3.8, 4) is 17.0 Å². The van der Waals surface area contributed by atoms with Gasteiger partial charge in [-0.1, -0.05) is 42.5 Å². The topological polar surface area (TPSA) is 115 Å². The van der Waals surface area contributed by atoms with Crippen molar-refractivity contribution < 1.29 is 9.53 Å². The molecule has 0 saturated carbocycles. The molecular weight excluding hydrogens is 504 g/mol. The first-order chi connectivity index (χ1) is 16.0. The number of aromatic nitrogens is 3. The zero-order chi connectivity index (χ0) is 23.2. The summed E-state index contributed by atoms with van der Waals surface area (Å²) in [7, 11) is 0. The molecule has 0 unspecified atom stereocenters. The van der Waals surface area contributed by atoms with Gasteiger partial charge < -0.3 is 21.1 Å². The van der Waals surface area contributed by atoms with Gasteiger partial charge in [0.25, 0.3) is 0 Å². The molecule has 0 atom stereocenters. The number of hydrogen-bond acceptors (Lipinski definition) is 7. The van der Waals surface area contributed by atoms with E-state index in [1.54, 1.807) is 36.4 Å². The van der Waals surface area contributed by atoms with Crippen molar-refractivity contribution in [2.45, 2.75) is 0 Å². The molecule has 0 spiro atoms. The van der Waals surface area contributed by atoms with Crippen molar-refractivity contribution in [1.82, 2.24) is 15.2 Å². The SMILES string of the molecule is Nc1ncc(Br)cc1C(=O)Oc1ccccc1NC(=S)Nc1ccc(-c2ccccc2)nn1. The van der Waals surface area contributed by atoms with Gasteiger partial charge >= 0.3 is 5.97 Å². The predicted molar refractivity (Wildman–Crippen MR) is 135 cm³/mol. The normalized spacial score (nSPS) is 10.3. The Morgan fingerprint density at radius 1 is 0.970 bits per heavy atom. The van der Waals surface area contributed by atoms with E-state index < -0.39 is 5.97 Å². The minimum Gasteiger partial charge on any atom is -0.421 e. The first-order valence-corrected chi connectivity index (χ1v) is 10.9. The van der Waals surface area contributed by atoms with Gasteiger partial charge in [-0.25, -0.2) is 9.78 Å². The standard InChI is InChI=1S/C23H17BrN6O2S/c24-15-12-16(21(25)26-13-15)22(31)32-19-9-5-4-8-18(19)27-23(33)28-20-11-10-17(29-30-20)14-6-2-1-3-7-14/h1-13H,(H2,25,26)(H2,27,28,30,33). The summed E-state index contributed by atoms with van der Waals surface area (Å²) in [4.78, 5) is 16.6. The van der Waals surface area contributed by atoms with Gasteiger partial charge in [0.2, 0.25) is 0 Å². The molecule has 33 heavy (non-hydrogen) atoms. The van der Waals surface area contributed by atoms with Crippen molar-refractivity contribution in [2.24, 2.45) is 0 Å². The van der Waals surface area contributed by atoms with E-state index in [2.05, 4.69) is 41.7 Å². The average Bonchev–Trinajstić information content (AvgIpc) is 2.83. The lowest BCUT2D eigenvalue weighted by Crippen LogP contribution is -2.21. The molecule has 4 aromatic rings. The number of thiocarbonyl (C=S) groups is 1. The number of nitrogen functional groups attached to an aromatic ring is 1. The number of hydrogen-bond donors (Lipinski definition) is 3. The molecule has 164 valence electrons.